The summed E-state index contributed by atoms with van der Waals surface area (Å²) in [5.74, 6) is 0.987. The highest BCUT2D eigenvalue weighted by molar-refractivity contribution is 14.1. The summed E-state index contributed by atoms with van der Waals surface area (Å²) in [7, 11) is 0. The monoisotopic (exact) mass is 346 g/mol. The van der Waals surface area contributed by atoms with Crippen molar-refractivity contribution in [2.24, 2.45) is 0 Å². The SMILES string of the molecule is CC(C)NCCOc1ccc2c(c1)CN(I)C2. The van der Waals surface area contributed by atoms with Crippen molar-refractivity contribution in [2.45, 2.75) is 33.0 Å². The van der Waals surface area contributed by atoms with E-state index < -0.39 is 0 Å². The Bertz CT molecular complexity index is 382. The third-order valence-corrected chi connectivity index (χ3v) is 3.47. The van der Waals surface area contributed by atoms with E-state index in [-0.39, 0.29) is 0 Å². The number of rotatable bonds is 5. The molecule has 0 aliphatic carbocycles. The molecular weight excluding hydrogens is 327 g/mol. The minimum atomic E-state index is 0.520. The number of hydrogen-bond acceptors (Lipinski definition) is 3. The van der Waals surface area contributed by atoms with Gasteiger partial charge in [-0.1, -0.05) is 19.9 Å². The second-order valence-electron chi connectivity index (χ2n) is 4.67. The van der Waals surface area contributed by atoms with Crippen LogP contribution in [-0.2, 0) is 13.1 Å². The maximum Gasteiger partial charge on any atom is 0.119 e. The van der Waals surface area contributed by atoms with Gasteiger partial charge < -0.3 is 10.1 Å². The van der Waals surface area contributed by atoms with Crippen LogP contribution >= 0.6 is 22.9 Å². The van der Waals surface area contributed by atoms with Crippen LogP contribution in [0, 0.1) is 0 Å². The van der Waals surface area contributed by atoms with E-state index in [0.29, 0.717) is 6.04 Å². The molecule has 1 aromatic carbocycles. The third-order valence-electron chi connectivity index (χ3n) is 2.78. The molecule has 94 valence electrons. The van der Waals surface area contributed by atoms with Crippen molar-refractivity contribution in [2.75, 3.05) is 13.2 Å². The molecule has 1 aliphatic heterocycles. The fourth-order valence-corrected chi connectivity index (χ4v) is 2.67. The Morgan fingerprint density at radius 3 is 2.88 bits per heavy atom. The van der Waals surface area contributed by atoms with Gasteiger partial charge in [0.2, 0.25) is 0 Å². The maximum absolute atomic E-state index is 5.73. The van der Waals surface area contributed by atoms with Gasteiger partial charge in [0.25, 0.3) is 0 Å². The van der Waals surface area contributed by atoms with Crippen molar-refractivity contribution in [1.29, 1.82) is 0 Å². The van der Waals surface area contributed by atoms with E-state index in [1.54, 1.807) is 0 Å². The van der Waals surface area contributed by atoms with Gasteiger partial charge in [-0.3, -0.25) is 0 Å². The van der Waals surface area contributed by atoms with Crippen LogP contribution in [0.15, 0.2) is 18.2 Å². The molecule has 0 radical (unpaired) electrons. The lowest BCUT2D eigenvalue weighted by molar-refractivity contribution is 0.308. The lowest BCUT2D eigenvalue weighted by atomic mass is 10.1. The van der Waals surface area contributed by atoms with Gasteiger partial charge >= 0.3 is 0 Å². The Balaban J connectivity index is 1.84. The quantitative estimate of drug-likeness (QED) is 0.504. The molecule has 0 fully saturated rings. The molecule has 0 bridgehead atoms. The summed E-state index contributed by atoms with van der Waals surface area (Å²) >= 11 is 2.36. The van der Waals surface area contributed by atoms with Gasteiger partial charge in [0.05, 0.1) is 0 Å². The van der Waals surface area contributed by atoms with E-state index in [0.717, 1.165) is 32.0 Å². The normalized spacial score (nSPS) is 15.3. The summed E-state index contributed by atoms with van der Waals surface area (Å²) in [4.78, 5) is 0. The summed E-state index contributed by atoms with van der Waals surface area (Å²) in [6, 6.07) is 6.94. The molecular formula is C13H19IN2O. The molecule has 1 heterocycles. The molecule has 4 heteroatoms. The van der Waals surface area contributed by atoms with E-state index in [2.05, 4.69) is 63.3 Å². The van der Waals surface area contributed by atoms with Crippen molar-refractivity contribution in [3.05, 3.63) is 29.3 Å². The molecule has 0 saturated carbocycles. The Hall–Kier alpha value is -0.330. The molecule has 0 spiro atoms. The Kier molecular flexibility index (Phi) is 4.64. The van der Waals surface area contributed by atoms with Crippen LogP contribution in [0.2, 0.25) is 0 Å². The van der Waals surface area contributed by atoms with Crippen molar-refractivity contribution in [3.63, 3.8) is 0 Å². The van der Waals surface area contributed by atoms with Gasteiger partial charge in [0, 0.05) is 48.5 Å². The predicted octanol–water partition coefficient (Wildman–Crippen LogP) is 2.73. The molecule has 0 aromatic heterocycles. The number of nitrogens with one attached hydrogen (secondary N) is 1. The maximum atomic E-state index is 5.73. The molecule has 0 amide bonds. The van der Waals surface area contributed by atoms with Crippen LogP contribution in [-0.4, -0.2) is 22.3 Å². The first-order valence-corrected chi connectivity index (χ1v) is 7.00. The Labute approximate surface area is 117 Å². The lowest BCUT2D eigenvalue weighted by Crippen LogP contribution is -2.27. The second-order valence-corrected chi connectivity index (χ2v) is 6.03. The van der Waals surface area contributed by atoms with Crippen LogP contribution < -0.4 is 10.1 Å². The van der Waals surface area contributed by atoms with Crippen molar-refractivity contribution >= 4 is 22.9 Å². The van der Waals surface area contributed by atoms with Crippen LogP contribution in [0.5, 0.6) is 5.75 Å². The molecule has 3 nitrogen and oxygen atoms in total. The van der Waals surface area contributed by atoms with E-state index in [1.807, 2.05) is 0 Å². The molecule has 1 aromatic rings. The Morgan fingerprint density at radius 2 is 2.12 bits per heavy atom. The summed E-state index contributed by atoms with van der Waals surface area (Å²) in [6.07, 6.45) is 0. The molecule has 0 saturated heterocycles. The van der Waals surface area contributed by atoms with Gasteiger partial charge in [-0.15, -0.1) is 0 Å². The number of ether oxygens (including phenoxy) is 1. The van der Waals surface area contributed by atoms with Gasteiger partial charge in [-0.25, -0.2) is 3.11 Å². The number of benzene rings is 1. The third kappa shape index (κ3) is 3.82. The molecule has 2 rings (SSSR count). The number of halogens is 1. The fourth-order valence-electron chi connectivity index (χ4n) is 1.94. The molecule has 0 atom stereocenters. The summed E-state index contributed by atoms with van der Waals surface area (Å²) in [5.41, 5.74) is 2.82. The van der Waals surface area contributed by atoms with Crippen LogP contribution in [0.4, 0.5) is 0 Å². The second kappa shape index (κ2) is 6.02. The summed E-state index contributed by atoms with van der Waals surface area (Å²) in [5, 5.41) is 3.34. The standard InChI is InChI=1S/C13H19IN2O/c1-10(2)15-5-6-17-13-4-3-11-8-16(14)9-12(11)7-13/h3-4,7,10,15H,5-6,8-9H2,1-2H3. The lowest BCUT2D eigenvalue weighted by Gasteiger charge is -2.10. The van der Waals surface area contributed by atoms with E-state index >= 15 is 0 Å². The minimum absolute atomic E-state index is 0.520. The highest BCUT2D eigenvalue weighted by atomic mass is 127. The van der Waals surface area contributed by atoms with Crippen molar-refractivity contribution in [3.8, 4) is 5.75 Å². The zero-order chi connectivity index (χ0) is 12.3. The molecule has 0 unspecified atom stereocenters. The Morgan fingerprint density at radius 1 is 1.35 bits per heavy atom. The number of hydrogen-bond donors (Lipinski definition) is 1. The smallest absolute Gasteiger partial charge is 0.119 e. The largest absolute Gasteiger partial charge is 0.492 e. The average molecular weight is 346 g/mol. The van der Waals surface area contributed by atoms with E-state index in [4.69, 9.17) is 4.74 Å². The van der Waals surface area contributed by atoms with Crippen LogP contribution in [0.1, 0.15) is 25.0 Å². The molecule has 1 aliphatic rings. The molecule has 17 heavy (non-hydrogen) atoms. The van der Waals surface area contributed by atoms with Crippen LogP contribution in [0.25, 0.3) is 0 Å². The summed E-state index contributed by atoms with van der Waals surface area (Å²) < 4.78 is 8.02. The topological polar surface area (TPSA) is 24.5 Å². The van der Waals surface area contributed by atoms with Gasteiger partial charge in [-0.05, 0) is 23.3 Å². The fraction of sp³-hybridized carbons (Fsp3) is 0.538. The highest BCUT2D eigenvalue weighted by Crippen LogP contribution is 2.28. The number of fused-ring (bicyclic) bond motifs is 1. The molecule has 1 N–H and O–H groups in total. The first-order valence-electron chi connectivity index (χ1n) is 6.04. The van der Waals surface area contributed by atoms with Crippen LogP contribution in [0.3, 0.4) is 0 Å². The van der Waals surface area contributed by atoms with Gasteiger partial charge in [0.15, 0.2) is 0 Å². The number of nitrogens with zero attached hydrogens (tertiary/aromatic N) is 1. The van der Waals surface area contributed by atoms with E-state index in [1.165, 1.54) is 11.1 Å². The average Bonchev–Trinajstić information content (AvgIpc) is 2.63. The zero-order valence-electron chi connectivity index (χ0n) is 10.4. The van der Waals surface area contributed by atoms with Crippen molar-refractivity contribution in [1.82, 2.24) is 8.43 Å². The first kappa shape index (κ1) is 13.1. The minimum Gasteiger partial charge on any atom is -0.492 e. The zero-order valence-corrected chi connectivity index (χ0v) is 12.5. The van der Waals surface area contributed by atoms with Gasteiger partial charge in [0.1, 0.15) is 12.4 Å². The highest BCUT2D eigenvalue weighted by Gasteiger charge is 2.16. The first-order chi connectivity index (χ1) is 8.15. The van der Waals surface area contributed by atoms with Crippen molar-refractivity contribution < 1.29 is 4.74 Å². The predicted molar refractivity (Wildman–Crippen MR) is 78.3 cm³/mol. The summed E-state index contributed by atoms with van der Waals surface area (Å²) in [6.45, 7) is 7.98. The van der Waals surface area contributed by atoms with E-state index in [9.17, 15) is 0 Å². The van der Waals surface area contributed by atoms with Gasteiger partial charge in [-0.2, -0.15) is 0 Å².